The van der Waals surface area contributed by atoms with Gasteiger partial charge in [0.15, 0.2) is 5.69 Å². The van der Waals surface area contributed by atoms with Crippen LogP contribution >= 0.6 is 11.5 Å². The van der Waals surface area contributed by atoms with Crippen LogP contribution in [-0.2, 0) is 6.54 Å². The number of hydrogen-bond acceptors (Lipinski definition) is 6. The molecule has 8 heteroatoms. The van der Waals surface area contributed by atoms with E-state index in [2.05, 4.69) is 26.7 Å². The van der Waals surface area contributed by atoms with E-state index in [4.69, 9.17) is 5.73 Å². The van der Waals surface area contributed by atoms with Gasteiger partial charge in [0.25, 0.3) is 11.8 Å². The highest BCUT2D eigenvalue weighted by Crippen LogP contribution is 2.25. The molecule has 1 aromatic heterocycles. The Kier molecular flexibility index (Phi) is 6.18. The minimum Gasteiger partial charge on any atom is -0.395 e. The number of rotatable bonds is 5. The lowest BCUT2D eigenvalue weighted by atomic mass is 10.1. The summed E-state index contributed by atoms with van der Waals surface area (Å²) in [5, 5.41) is 2.82. The summed E-state index contributed by atoms with van der Waals surface area (Å²) in [5.74, 6) is -0.539. The quantitative estimate of drug-likeness (QED) is 0.643. The summed E-state index contributed by atoms with van der Waals surface area (Å²) in [5.41, 5.74) is 9.71. The number of anilines is 2. The van der Waals surface area contributed by atoms with Gasteiger partial charge in [0.2, 0.25) is 0 Å². The molecule has 1 fully saturated rings. The van der Waals surface area contributed by atoms with Crippen molar-refractivity contribution in [3.05, 3.63) is 76.3 Å². The van der Waals surface area contributed by atoms with Gasteiger partial charge in [-0.15, -0.1) is 0 Å². The maximum atomic E-state index is 13.0. The Morgan fingerprint density at radius 1 is 1.03 bits per heavy atom. The van der Waals surface area contributed by atoms with Gasteiger partial charge in [-0.1, -0.05) is 48.0 Å². The van der Waals surface area contributed by atoms with Crippen LogP contribution in [0, 0.1) is 6.92 Å². The first kappa shape index (κ1) is 20.9. The highest BCUT2D eigenvalue weighted by molar-refractivity contribution is 7.09. The van der Waals surface area contributed by atoms with Crippen LogP contribution in [0.15, 0.2) is 54.6 Å². The maximum absolute atomic E-state index is 13.0. The largest absolute Gasteiger partial charge is 0.395 e. The number of nitrogen functional groups attached to an aromatic ring is 1. The zero-order chi connectivity index (χ0) is 21.8. The summed E-state index contributed by atoms with van der Waals surface area (Å²) in [6, 6.07) is 18.1. The van der Waals surface area contributed by atoms with Gasteiger partial charge in [-0.05, 0) is 36.2 Å². The fourth-order valence-corrected chi connectivity index (χ4v) is 4.30. The minimum absolute atomic E-state index is 0.114. The Labute approximate surface area is 185 Å². The van der Waals surface area contributed by atoms with Crippen LogP contribution in [0.1, 0.15) is 31.3 Å². The van der Waals surface area contributed by atoms with Crippen molar-refractivity contribution >= 4 is 34.7 Å². The maximum Gasteiger partial charge on any atom is 0.273 e. The van der Waals surface area contributed by atoms with Crippen LogP contribution in [0.3, 0.4) is 0 Å². The molecule has 3 aromatic rings. The van der Waals surface area contributed by atoms with Gasteiger partial charge < -0.3 is 20.9 Å². The zero-order valence-corrected chi connectivity index (χ0v) is 18.2. The van der Waals surface area contributed by atoms with Crippen molar-refractivity contribution in [3.63, 3.8) is 0 Å². The summed E-state index contributed by atoms with van der Waals surface area (Å²) >= 11 is 0.986. The molecule has 0 aliphatic carbocycles. The van der Waals surface area contributed by atoms with E-state index < -0.39 is 0 Å². The molecule has 7 nitrogen and oxygen atoms in total. The summed E-state index contributed by atoms with van der Waals surface area (Å²) in [6.07, 6.45) is 0. The van der Waals surface area contributed by atoms with Gasteiger partial charge in [0.05, 0.1) is 5.69 Å². The minimum atomic E-state index is -0.373. The summed E-state index contributed by atoms with van der Waals surface area (Å²) in [4.78, 5) is 29.9. The number of para-hydroxylation sites is 1. The van der Waals surface area contributed by atoms with Gasteiger partial charge >= 0.3 is 0 Å². The second kappa shape index (κ2) is 9.18. The number of nitrogens with one attached hydrogen (secondary N) is 1. The number of benzene rings is 2. The Morgan fingerprint density at radius 3 is 2.39 bits per heavy atom. The zero-order valence-electron chi connectivity index (χ0n) is 17.4. The molecule has 160 valence electrons. The Balaban J connectivity index is 1.36. The molecule has 0 spiro atoms. The molecule has 1 aliphatic rings. The number of amides is 2. The summed E-state index contributed by atoms with van der Waals surface area (Å²) in [6.45, 7) is 5.08. The summed E-state index contributed by atoms with van der Waals surface area (Å²) < 4.78 is 4.17. The molecular formula is C23H25N5O2S. The Bertz CT molecular complexity index is 1060. The molecule has 2 aromatic carbocycles. The van der Waals surface area contributed by atoms with Crippen LogP contribution in [-0.4, -0.2) is 47.3 Å². The van der Waals surface area contributed by atoms with Crippen molar-refractivity contribution in [1.29, 1.82) is 0 Å². The lowest BCUT2D eigenvalue weighted by molar-refractivity contribution is 0.0752. The molecular weight excluding hydrogens is 410 g/mol. The predicted molar refractivity (Wildman–Crippen MR) is 123 cm³/mol. The first-order valence-electron chi connectivity index (χ1n) is 10.2. The van der Waals surface area contributed by atoms with Crippen molar-refractivity contribution in [2.75, 3.05) is 36.8 Å². The van der Waals surface area contributed by atoms with Gasteiger partial charge in [-0.2, -0.15) is 4.37 Å². The van der Waals surface area contributed by atoms with Gasteiger partial charge in [0.1, 0.15) is 4.88 Å². The highest BCUT2D eigenvalue weighted by Gasteiger charge is 2.28. The van der Waals surface area contributed by atoms with E-state index in [9.17, 15) is 9.59 Å². The molecule has 4 rings (SSSR count). The topological polar surface area (TPSA) is 91.6 Å². The van der Waals surface area contributed by atoms with Crippen molar-refractivity contribution in [1.82, 2.24) is 14.6 Å². The van der Waals surface area contributed by atoms with E-state index in [1.165, 1.54) is 0 Å². The van der Waals surface area contributed by atoms with Crippen LogP contribution < -0.4 is 16.0 Å². The van der Waals surface area contributed by atoms with Gasteiger partial charge in [-0.25, -0.2) is 0 Å². The SMILES string of the molecule is Cc1ccc(CNC(=O)c2nsc(C(=O)N3CCN(c4ccccc4)CC3)c2N)cc1. The first-order valence-corrected chi connectivity index (χ1v) is 11.0. The Morgan fingerprint density at radius 2 is 1.71 bits per heavy atom. The number of carbonyl (C=O) groups is 2. The molecule has 0 saturated carbocycles. The van der Waals surface area contributed by atoms with E-state index in [0.717, 1.165) is 41.4 Å². The fourth-order valence-electron chi connectivity index (χ4n) is 3.54. The van der Waals surface area contributed by atoms with E-state index in [0.29, 0.717) is 24.5 Å². The monoisotopic (exact) mass is 435 g/mol. The number of aryl methyl sites for hydroxylation is 1. The van der Waals surface area contributed by atoms with E-state index >= 15 is 0 Å². The molecule has 2 amide bonds. The van der Waals surface area contributed by atoms with Crippen LogP contribution in [0.2, 0.25) is 0 Å². The molecule has 0 atom stereocenters. The van der Waals surface area contributed by atoms with Crippen molar-refractivity contribution in [3.8, 4) is 0 Å². The fraction of sp³-hybridized carbons (Fsp3) is 0.261. The second-order valence-corrected chi connectivity index (χ2v) is 8.33. The van der Waals surface area contributed by atoms with E-state index in [-0.39, 0.29) is 23.2 Å². The van der Waals surface area contributed by atoms with Crippen molar-refractivity contribution in [2.24, 2.45) is 0 Å². The third-order valence-electron chi connectivity index (χ3n) is 5.40. The molecule has 1 aliphatic heterocycles. The average molecular weight is 436 g/mol. The number of piperazine rings is 1. The molecule has 0 bridgehead atoms. The third kappa shape index (κ3) is 4.69. The Hall–Kier alpha value is -3.39. The number of hydrogen-bond donors (Lipinski definition) is 2. The lowest BCUT2D eigenvalue weighted by Gasteiger charge is -2.36. The van der Waals surface area contributed by atoms with Gasteiger partial charge in [0, 0.05) is 38.4 Å². The second-order valence-electron chi connectivity index (χ2n) is 7.56. The van der Waals surface area contributed by atoms with Crippen molar-refractivity contribution < 1.29 is 9.59 Å². The predicted octanol–water partition coefficient (Wildman–Crippen LogP) is 2.93. The number of aromatic nitrogens is 1. The van der Waals surface area contributed by atoms with E-state index in [1.807, 2.05) is 49.4 Å². The van der Waals surface area contributed by atoms with Crippen LogP contribution in [0.4, 0.5) is 11.4 Å². The molecule has 3 N–H and O–H groups in total. The normalized spacial score (nSPS) is 13.8. The third-order valence-corrected chi connectivity index (χ3v) is 6.25. The molecule has 2 heterocycles. The number of nitrogens with two attached hydrogens (primary N) is 1. The first-order chi connectivity index (χ1) is 15.0. The smallest absolute Gasteiger partial charge is 0.273 e. The number of carbonyl (C=O) groups excluding carboxylic acids is 2. The molecule has 31 heavy (non-hydrogen) atoms. The molecule has 0 unspecified atom stereocenters. The molecule has 0 radical (unpaired) electrons. The standard InChI is InChI=1S/C23H25N5O2S/c1-16-7-9-17(10-8-16)15-25-22(29)20-19(24)21(31-26-20)23(30)28-13-11-27(12-14-28)18-5-3-2-4-6-18/h2-10H,11-15,24H2,1H3,(H,25,29). The average Bonchev–Trinajstić information content (AvgIpc) is 3.20. The van der Waals surface area contributed by atoms with Crippen LogP contribution in [0.25, 0.3) is 0 Å². The van der Waals surface area contributed by atoms with E-state index in [1.54, 1.807) is 4.90 Å². The summed E-state index contributed by atoms with van der Waals surface area (Å²) in [7, 11) is 0. The molecule has 1 saturated heterocycles. The van der Waals surface area contributed by atoms with Crippen LogP contribution in [0.5, 0.6) is 0 Å². The van der Waals surface area contributed by atoms with Crippen molar-refractivity contribution in [2.45, 2.75) is 13.5 Å². The van der Waals surface area contributed by atoms with Gasteiger partial charge in [-0.3, -0.25) is 9.59 Å². The lowest BCUT2D eigenvalue weighted by Crippen LogP contribution is -2.48. The number of nitrogens with zero attached hydrogens (tertiary/aromatic N) is 3. The highest BCUT2D eigenvalue weighted by atomic mass is 32.1.